The van der Waals surface area contributed by atoms with Crippen LogP contribution in [-0.4, -0.2) is 24.9 Å². The first-order chi connectivity index (χ1) is 26.7. The monoisotopic (exact) mass is 691 g/mol. The summed E-state index contributed by atoms with van der Waals surface area (Å²) in [6.07, 6.45) is 5.52. The lowest BCUT2D eigenvalue weighted by molar-refractivity contribution is 1.07. The molecule has 0 fully saturated rings. The molecule has 54 heavy (non-hydrogen) atoms. The molecule has 0 unspecified atom stereocenters. The highest BCUT2D eigenvalue weighted by atomic mass is 15.0. The Balaban J connectivity index is 1.17. The third-order valence-corrected chi connectivity index (χ3v) is 9.49. The first-order valence-corrected chi connectivity index (χ1v) is 17.9. The molecule has 9 rings (SSSR count). The van der Waals surface area contributed by atoms with Crippen molar-refractivity contribution in [3.63, 3.8) is 0 Å². The third-order valence-electron chi connectivity index (χ3n) is 9.49. The van der Waals surface area contributed by atoms with Crippen LogP contribution in [0.5, 0.6) is 0 Å². The molecular formula is C49H33N5. The number of nitrogens with zero attached hydrogens (tertiary/aromatic N) is 5. The van der Waals surface area contributed by atoms with E-state index in [1.807, 2.05) is 48.8 Å². The molecule has 254 valence electrons. The topological polar surface area (TPSA) is 64.5 Å². The maximum Gasteiger partial charge on any atom is 0.164 e. The van der Waals surface area contributed by atoms with Gasteiger partial charge < -0.3 is 0 Å². The van der Waals surface area contributed by atoms with Crippen LogP contribution in [0.15, 0.2) is 201 Å². The van der Waals surface area contributed by atoms with Crippen LogP contribution in [0.4, 0.5) is 0 Å². The minimum Gasteiger partial charge on any atom is -0.264 e. The molecule has 0 saturated heterocycles. The van der Waals surface area contributed by atoms with Crippen molar-refractivity contribution in [1.82, 2.24) is 24.9 Å². The molecule has 0 atom stereocenters. The average Bonchev–Trinajstić information content (AvgIpc) is 3.27. The van der Waals surface area contributed by atoms with E-state index < -0.39 is 0 Å². The molecule has 3 heterocycles. The molecule has 0 aliphatic heterocycles. The third kappa shape index (κ3) is 6.94. The van der Waals surface area contributed by atoms with E-state index in [2.05, 4.69) is 151 Å². The summed E-state index contributed by atoms with van der Waals surface area (Å²) < 4.78 is 0. The zero-order valence-electron chi connectivity index (χ0n) is 29.3. The summed E-state index contributed by atoms with van der Waals surface area (Å²) >= 11 is 0. The van der Waals surface area contributed by atoms with Gasteiger partial charge in [-0.2, -0.15) is 0 Å². The highest BCUT2D eigenvalue weighted by Crippen LogP contribution is 2.34. The fourth-order valence-corrected chi connectivity index (χ4v) is 6.62. The summed E-state index contributed by atoms with van der Waals surface area (Å²) in [7, 11) is 0. The van der Waals surface area contributed by atoms with Crippen LogP contribution in [0.3, 0.4) is 0 Å². The van der Waals surface area contributed by atoms with E-state index in [0.29, 0.717) is 17.5 Å². The molecule has 3 aromatic heterocycles. The Kier molecular flexibility index (Phi) is 8.86. The predicted molar refractivity (Wildman–Crippen MR) is 219 cm³/mol. The highest BCUT2D eigenvalue weighted by Gasteiger charge is 2.16. The van der Waals surface area contributed by atoms with E-state index in [0.717, 1.165) is 72.5 Å². The molecule has 0 radical (unpaired) electrons. The van der Waals surface area contributed by atoms with Gasteiger partial charge in [0.25, 0.3) is 0 Å². The number of aromatic nitrogens is 5. The second-order valence-electron chi connectivity index (χ2n) is 13.0. The second-order valence-corrected chi connectivity index (χ2v) is 13.0. The van der Waals surface area contributed by atoms with E-state index in [9.17, 15) is 0 Å². The fourth-order valence-electron chi connectivity index (χ4n) is 6.62. The summed E-state index contributed by atoms with van der Waals surface area (Å²) in [5.41, 5.74) is 13.3. The van der Waals surface area contributed by atoms with Crippen molar-refractivity contribution in [3.05, 3.63) is 201 Å². The summed E-state index contributed by atoms with van der Waals surface area (Å²) in [5, 5.41) is 0. The van der Waals surface area contributed by atoms with Crippen LogP contribution < -0.4 is 0 Å². The van der Waals surface area contributed by atoms with Gasteiger partial charge in [0.1, 0.15) is 0 Å². The van der Waals surface area contributed by atoms with Gasteiger partial charge in [-0.3, -0.25) is 9.97 Å². The Morgan fingerprint density at radius 2 is 0.648 bits per heavy atom. The Morgan fingerprint density at radius 1 is 0.259 bits per heavy atom. The van der Waals surface area contributed by atoms with Crippen molar-refractivity contribution in [2.75, 3.05) is 0 Å². The van der Waals surface area contributed by atoms with Crippen LogP contribution in [0.1, 0.15) is 0 Å². The zero-order chi connectivity index (χ0) is 36.1. The van der Waals surface area contributed by atoms with Crippen LogP contribution in [0.2, 0.25) is 0 Å². The van der Waals surface area contributed by atoms with Gasteiger partial charge in [-0.25, -0.2) is 15.0 Å². The molecule has 0 bridgehead atoms. The van der Waals surface area contributed by atoms with Crippen molar-refractivity contribution < 1.29 is 0 Å². The maximum absolute atomic E-state index is 5.15. The fraction of sp³-hybridized carbons (Fsp3) is 0. The molecule has 6 aromatic carbocycles. The minimum absolute atomic E-state index is 0.591. The molecular weight excluding hydrogens is 659 g/mol. The van der Waals surface area contributed by atoms with Gasteiger partial charge in [-0.05, 0) is 75.3 Å². The van der Waals surface area contributed by atoms with Crippen LogP contribution >= 0.6 is 0 Å². The Labute approximate surface area is 314 Å². The van der Waals surface area contributed by atoms with Gasteiger partial charge in [0.05, 0.1) is 5.69 Å². The maximum atomic E-state index is 5.15. The summed E-state index contributed by atoms with van der Waals surface area (Å²) in [6, 6.07) is 62.6. The molecule has 0 amide bonds. The predicted octanol–water partition coefficient (Wildman–Crippen LogP) is 12.0. The Bertz CT molecular complexity index is 2540. The minimum atomic E-state index is 0.591. The number of rotatable bonds is 8. The molecule has 0 spiro atoms. The van der Waals surface area contributed by atoms with Crippen molar-refractivity contribution in [3.8, 4) is 89.9 Å². The molecule has 0 aliphatic rings. The SMILES string of the molecule is c1ccc(-c2ccc(-c3nc(-c4ccc(-c5ccccc5)cc4)nc(-c4cc(-c5ccccc5)cc(-c5ccc(-c6cccnc6)nc5)c4)n3)cc2)cc1. The summed E-state index contributed by atoms with van der Waals surface area (Å²) in [6.45, 7) is 0. The lowest BCUT2D eigenvalue weighted by Gasteiger charge is -2.13. The molecule has 9 aromatic rings. The summed E-state index contributed by atoms with van der Waals surface area (Å²) in [5.74, 6) is 1.81. The van der Waals surface area contributed by atoms with Gasteiger partial charge in [-0.1, -0.05) is 146 Å². The van der Waals surface area contributed by atoms with Crippen molar-refractivity contribution in [2.45, 2.75) is 0 Å². The molecule has 0 aliphatic carbocycles. The van der Waals surface area contributed by atoms with Crippen molar-refractivity contribution in [1.29, 1.82) is 0 Å². The zero-order valence-corrected chi connectivity index (χ0v) is 29.3. The lowest BCUT2D eigenvalue weighted by Crippen LogP contribution is -2.01. The number of hydrogen-bond acceptors (Lipinski definition) is 5. The van der Waals surface area contributed by atoms with E-state index in [1.54, 1.807) is 6.20 Å². The van der Waals surface area contributed by atoms with Gasteiger partial charge in [-0.15, -0.1) is 0 Å². The van der Waals surface area contributed by atoms with E-state index in [-0.39, 0.29) is 0 Å². The van der Waals surface area contributed by atoms with Gasteiger partial charge in [0.2, 0.25) is 0 Å². The standard InChI is InChI=1S/C49H33N5/c1-4-11-34(12-5-1)37-18-22-39(23-19-37)47-52-48(40-24-20-38(21-25-40)35-13-6-2-7-14-35)54-49(53-47)45-30-43(36-15-8-3-9-16-36)29-44(31-45)41-26-27-46(51-33-41)42-17-10-28-50-32-42/h1-33H. The Morgan fingerprint density at radius 3 is 1.11 bits per heavy atom. The summed E-state index contributed by atoms with van der Waals surface area (Å²) in [4.78, 5) is 24.4. The first kappa shape index (κ1) is 32.5. The van der Waals surface area contributed by atoms with Crippen molar-refractivity contribution >= 4 is 0 Å². The van der Waals surface area contributed by atoms with Gasteiger partial charge in [0.15, 0.2) is 17.5 Å². The quantitative estimate of drug-likeness (QED) is 0.159. The molecule has 5 nitrogen and oxygen atoms in total. The Hall–Kier alpha value is -7.37. The van der Waals surface area contributed by atoms with Crippen LogP contribution in [0, 0.1) is 0 Å². The van der Waals surface area contributed by atoms with Crippen LogP contribution in [0.25, 0.3) is 89.9 Å². The van der Waals surface area contributed by atoms with Crippen molar-refractivity contribution in [2.24, 2.45) is 0 Å². The number of benzene rings is 6. The first-order valence-electron chi connectivity index (χ1n) is 17.9. The number of pyridine rings is 2. The molecule has 5 heteroatoms. The van der Waals surface area contributed by atoms with E-state index in [4.69, 9.17) is 19.9 Å². The largest absolute Gasteiger partial charge is 0.264 e. The van der Waals surface area contributed by atoms with E-state index >= 15 is 0 Å². The van der Waals surface area contributed by atoms with E-state index in [1.165, 1.54) is 0 Å². The van der Waals surface area contributed by atoms with Gasteiger partial charge >= 0.3 is 0 Å². The molecule has 0 N–H and O–H groups in total. The lowest BCUT2D eigenvalue weighted by atomic mass is 9.96. The van der Waals surface area contributed by atoms with Crippen LogP contribution in [-0.2, 0) is 0 Å². The highest BCUT2D eigenvalue weighted by molar-refractivity contribution is 5.81. The second kappa shape index (κ2) is 14.7. The molecule has 0 saturated carbocycles. The smallest absolute Gasteiger partial charge is 0.164 e. The normalized spacial score (nSPS) is 11.0. The van der Waals surface area contributed by atoms with Gasteiger partial charge in [0, 0.05) is 46.4 Å². The number of hydrogen-bond donors (Lipinski definition) is 0. The average molecular weight is 692 g/mol.